The smallest absolute Gasteiger partial charge is 0.229 e. The summed E-state index contributed by atoms with van der Waals surface area (Å²) >= 11 is 0. The van der Waals surface area contributed by atoms with Gasteiger partial charge in [0.05, 0.1) is 11.1 Å². The van der Waals surface area contributed by atoms with Crippen LogP contribution in [-0.2, 0) is 5.60 Å². The monoisotopic (exact) mass is 272 g/mol. The molecule has 0 saturated carbocycles. The first-order chi connectivity index (χ1) is 9.30. The fraction of sp³-hybridized carbons (Fsp3) is 0.200. The molecule has 5 nitrogen and oxygen atoms in total. The summed E-state index contributed by atoms with van der Waals surface area (Å²) < 4.78 is 5.35. The molecule has 0 radical (unpaired) electrons. The van der Waals surface area contributed by atoms with Crippen LogP contribution in [0.3, 0.4) is 0 Å². The van der Waals surface area contributed by atoms with Gasteiger partial charge >= 0.3 is 0 Å². The Bertz CT molecular complexity index is 746. The van der Waals surface area contributed by atoms with Gasteiger partial charge in [-0.1, -0.05) is 6.07 Å². The summed E-state index contributed by atoms with van der Waals surface area (Å²) in [6, 6.07) is 5.66. The van der Waals surface area contributed by atoms with E-state index in [2.05, 4.69) is 0 Å². The molecular weight excluding hydrogens is 260 g/mol. The second-order valence-electron chi connectivity index (χ2n) is 5.27. The van der Waals surface area contributed by atoms with Crippen molar-refractivity contribution in [3.63, 3.8) is 0 Å². The van der Waals surface area contributed by atoms with E-state index in [0.29, 0.717) is 0 Å². The lowest BCUT2D eigenvalue weighted by Crippen LogP contribution is -2.19. The topological polar surface area (TPSA) is 87.7 Å². The Morgan fingerprint density at radius 1 is 1.10 bits per heavy atom. The predicted molar refractivity (Wildman–Crippen MR) is 68.9 cm³/mol. The normalized spacial score (nSPS) is 14.2. The molecule has 0 saturated heterocycles. The number of phenolic OH excluding ortho intramolecular Hbond substituents is 1. The molecule has 2 aromatic rings. The van der Waals surface area contributed by atoms with Crippen LogP contribution < -0.4 is 0 Å². The summed E-state index contributed by atoms with van der Waals surface area (Å²) in [5.74, 6) is -1.15. The van der Waals surface area contributed by atoms with Crippen molar-refractivity contribution in [1.29, 1.82) is 0 Å². The van der Waals surface area contributed by atoms with Gasteiger partial charge in [0.2, 0.25) is 11.6 Å². The molecule has 0 unspecified atom stereocenters. The number of fused-ring (bicyclic) bond motifs is 2. The van der Waals surface area contributed by atoms with Crippen molar-refractivity contribution >= 4 is 11.6 Å². The van der Waals surface area contributed by atoms with Gasteiger partial charge in [-0.05, 0) is 32.0 Å². The Labute approximate surface area is 114 Å². The molecule has 0 aliphatic heterocycles. The maximum absolute atomic E-state index is 12.4. The van der Waals surface area contributed by atoms with E-state index in [1.165, 1.54) is 38.1 Å². The van der Waals surface area contributed by atoms with E-state index >= 15 is 0 Å². The van der Waals surface area contributed by atoms with Crippen molar-refractivity contribution < 1.29 is 24.2 Å². The molecule has 20 heavy (non-hydrogen) atoms. The number of carbonyl (C=O) groups is 2. The van der Waals surface area contributed by atoms with Gasteiger partial charge in [-0.25, -0.2) is 0 Å². The van der Waals surface area contributed by atoms with Crippen LogP contribution in [0.25, 0.3) is 0 Å². The molecule has 0 amide bonds. The average Bonchev–Trinajstić information content (AvgIpc) is 2.81. The quantitative estimate of drug-likeness (QED) is 0.707. The standard InChI is InChI=1S/C15H12O5/c1-15(2,19)10-6-8-12(17)11-7(4-3-5-9(11)16)13(18)14(8)20-10/h3-6,16,19H,1-2H3. The van der Waals surface area contributed by atoms with Gasteiger partial charge in [-0.2, -0.15) is 0 Å². The highest BCUT2D eigenvalue weighted by atomic mass is 16.4. The van der Waals surface area contributed by atoms with Gasteiger partial charge in [0.1, 0.15) is 17.1 Å². The number of hydrogen-bond acceptors (Lipinski definition) is 5. The number of rotatable bonds is 1. The maximum atomic E-state index is 12.4. The van der Waals surface area contributed by atoms with Gasteiger partial charge < -0.3 is 14.6 Å². The number of furan rings is 1. The predicted octanol–water partition coefficient (Wildman–Crippen LogP) is 1.99. The van der Waals surface area contributed by atoms with E-state index in [9.17, 15) is 19.8 Å². The zero-order valence-corrected chi connectivity index (χ0v) is 10.9. The molecule has 0 atom stereocenters. The number of aliphatic hydroxyl groups is 1. The highest BCUT2D eigenvalue weighted by Crippen LogP contribution is 2.36. The van der Waals surface area contributed by atoms with Crippen LogP contribution in [0.15, 0.2) is 28.7 Å². The van der Waals surface area contributed by atoms with E-state index in [0.717, 1.165) is 0 Å². The number of benzene rings is 1. The number of phenols is 1. The highest BCUT2D eigenvalue weighted by Gasteiger charge is 2.37. The summed E-state index contributed by atoms with van der Waals surface area (Å²) in [6.07, 6.45) is 0. The first-order valence-corrected chi connectivity index (χ1v) is 6.09. The largest absolute Gasteiger partial charge is 0.507 e. The molecule has 0 bridgehead atoms. The Morgan fingerprint density at radius 2 is 1.80 bits per heavy atom. The highest BCUT2D eigenvalue weighted by molar-refractivity contribution is 6.28. The minimum Gasteiger partial charge on any atom is -0.507 e. The third-order valence-electron chi connectivity index (χ3n) is 3.30. The van der Waals surface area contributed by atoms with Gasteiger partial charge in [-0.15, -0.1) is 0 Å². The lowest BCUT2D eigenvalue weighted by atomic mass is 9.87. The average molecular weight is 272 g/mol. The molecular formula is C15H12O5. The SMILES string of the molecule is CC(C)(O)c1cc2c(o1)C(=O)c1cccc(O)c1C2=O. The van der Waals surface area contributed by atoms with Crippen LogP contribution in [0.1, 0.15) is 51.6 Å². The van der Waals surface area contributed by atoms with E-state index in [1.807, 2.05) is 0 Å². The van der Waals surface area contributed by atoms with Crippen LogP contribution in [0.5, 0.6) is 5.75 Å². The fourth-order valence-electron chi connectivity index (χ4n) is 2.25. The van der Waals surface area contributed by atoms with Crippen molar-refractivity contribution in [2.45, 2.75) is 19.4 Å². The van der Waals surface area contributed by atoms with Crippen molar-refractivity contribution in [2.75, 3.05) is 0 Å². The molecule has 1 aliphatic carbocycles. The number of aromatic hydroxyl groups is 1. The lowest BCUT2D eigenvalue weighted by Gasteiger charge is -2.14. The number of hydrogen-bond donors (Lipinski definition) is 2. The maximum Gasteiger partial charge on any atom is 0.229 e. The summed E-state index contributed by atoms with van der Waals surface area (Å²) in [5, 5.41) is 19.7. The third-order valence-corrected chi connectivity index (χ3v) is 3.30. The Kier molecular flexibility index (Phi) is 2.40. The van der Waals surface area contributed by atoms with Crippen LogP contribution in [-0.4, -0.2) is 21.8 Å². The van der Waals surface area contributed by atoms with E-state index in [1.54, 1.807) is 0 Å². The van der Waals surface area contributed by atoms with Crippen molar-refractivity contribution in [3.8, 4) is 5.75 Å². The molecule has 2 N–H and O–H groups in total. The molecule has 3 rings (SSSR count). The Hall–Kier alpha value is -2.40. The molecule has 1 aliphatic rings. The minimum absolute atomic E-state index is 0.0203. The zero-order chi connectivity index (χ0) is 14.7. The summed E-state index contributed by atoms with van der Waals surface area (Å²) in [5.41, 5.74) is -1.14. The van der Waals surface area contributed by atoms with Gasteiger partial charge in [0.15, 0.2) is 5.76 Å². The fourth-order valence-corrected chi connectivity index (χ4v) is 2.25. The summed E-state index contributed by atoms with van der Waals surface area (Å²) in [6.45, 7) is 2.99. The third kappa shape index (κ3) is 1.60. The van der Waals surface area contributed by atoms with E-state index in [4.69, 9.17) is 4.42 Å². The summed E-state index contributed by atoms with van der Waals surface area (Å²) in [7, 11) is 0. The van der Waals surface area contributed by atoms with Crippen molar-refractivity contribution in [1.82, 2.24) is 0 Å². The lowest BCUT2D eigenvalue weighted by molar-refractivity contribution is 0.0526. The van der Waals surface area contributed by atoms with Gasteiger partial charge in [0, 0.05) is 5.56 Å². The molecule has 1 heterocycles. The van der Waals surface area contributed by atoms with Crippen molar-refractivity contribution in [3.05, 3.63) is 52.5 Å². The number of ketones is 2. The second-order valence-corrected chi connectivity index (χ2v) is 5.27. The van der Waals surface area contributed by atoms with Crippen LogP contribution >= 0.6 is 0 Å². The first kappa shape index (κ1) is 12.6. The van der Waals surface area contributed by atoms with E-state index < -0.39 is 17.2 Å². The zero-order valence-electron chi connectivity index (χ0n) is 10.9. The number of carbonyl (C=O) groups excluding carboxylic acids is 2. The van der Waals surface area contributed by atoms with E-state index in [-0.39, 0.29) is 34.0 Å². The first-order valence-electron chi connectivity index (χ1n) is 6.09. The van der Waals surface area contributed by atoms with Crippen LogP contribution in [0.4, 0.5) is 0 Å². The van der Waals surface area contributed by atoms with Gasteiger partial charge in [-0.3, -0.25) is 9.59 Å². The molecule has 5 heteroatoms. The Morgan fingerprint density at radius 3 is 2.45 bits per heavy atom. The van der Waals surface area contributed by atoms with Crippen LogP contribution in [0, 0.1) is 0 Å². The molecule has 102 valence electrons. The molecule has 0 spiro atoms. The molecule has 1 aromatic carbocycles. The molecule has 1 aromatic heterocycles. The molecule has 0 fully saturated rings. The Balaban J connectivity index is 2.27. The minimum atomic E-state index is -1.30. The van der Waals surface area contributed by atoms with Gasteiger partial charge in [0.25, 0.3) is 0 Å². The van der Waals surface area contributed by atoms with Crippen molar-refractivity contribution in [2.24, 2.45) is 0 Å². The van der Waals surface area contributed by atoms with Crippen LogP contribution in [0.2, 0.25) is 0 Å². The summed E-state index contributed by atoms with van der Waals surface area (Å²) in [4.78, 5) is 24.7. The second kappa shape index (κ2) is 3.80.